The number of fused-ring (bicyclic) bond motifs is 1. The summed E-state index contributed by atoms with van der Waals surface area (Å²) >= 11 is 6.20. The van der Waals surface area contributed by atoms with Crippen LogP contribution in [-0.2, 0) is 17.6 Å². The molecular weight excluding hydrogens is 260 g/mol. The fourth-order valence-corrected chi connectivity index (χ4v) is 3.31. The standard InChI is InChI=1S/C16H21ClO2/c1-2-8-18-16-14(17)10-15(16)19-13-7-6-11-4-3-5-12(11)9-13/h6-7,9,14-16H,2-5,8,10H2,1H3. The average Bonchev–Trinajstić information content (AvgIpc) is 2.86. The van der Waals surface area contributed by atoms with E-state index in [1.54, 1.807) is 0 Å². The molecule has 0 bridgehead atoms. The predicted molar refractivity (Wildman–Crippen MR) is 77.2 cm³/mol. The van der Waals surface area contributed by atoms with Crippen LogP contribution >= 0.6 is 11.6 Å². The van der Waals surface area contributed by atoms with Gasteiger partial charge in [-0.15, -0.1) is 11.6 Å². The van der Waals surface area contributed by atoms with Gasteiger partial charge in [0.25, 0.3) is 0 Å². The second-order valence-electron chi connectivity index (χ2n) is 5.53. The largest absolute Gasteiger partial charge is 0.488 e. The lowest BCUT2D eigenvalue weighted by molar-refractivity contribution is -0.0797. The maximum Gasteiger partial charge on any atom is 0.128 e. The Kier molecular flexibility index (Phi) is 3.99. The minimum absolute atomic E-state index is 0.0508. The van der Waals surface area contributed by atoms with Crippen molar-refractivity contribution in [2.24, 2.45) is 0 Å². The molecule has 1 aromatic carbocycles. The Bertz CT molecular complexity index is 446. The minimum Gasteiger partial charge on any atom is -0.488 e. The molecule has 0 aliphatic heterocycles. The zero-order chi connectivity index (χ0) is 13.2. The van der Waals surface area contributed by atoms with Crippen LogP contribution in [0.15, 0.2) is 18.2 Å². The van der Waals surface area contributed by atoms with E-state index in [4.69, 9.17) is 21.1 Å². The van der Waals surface area contributed by atoms with E-state index in [0.717, 1.165) is 25.2 Å². The van der Waals surface area contributed by atoms with Gasteiger partial charge in [0, 0.05) is 13.0 Å². The Labute approximate surface area is 120 Å². The molecule has 3 rings (SSSR count). The lowest BCUT2D eigenvalue weighted by Gasteiger charge is -2.40. The highest BCUT2D eigenvalue weighted by molar-refractivity contribution is 6.21. The molecule has 3 unspecified atom stereocenters. The van der Waals surface area contributed by atoms with Gasteiger partial charge >= 0.3 is 0 Å². The maximum atomic E-state index is 6.20. The first-order chi connectivity index (χ1) is 9.28. The van der Waals surface area contributed by atoms with Gasteiger partial charge in [0.05, 0.1) is 5.38 Å². The number of ether oxygens (including phenoxy) is 2. The zero-order valence-electron chi connectivity index (χ0n) is 11.4. The molecule has 0 amide bonds. The van der Waals surface area contributed by atoms with Gasteiger partial charge in [0.1, 0.15) is 18.0 Å². The second-order valence-corrected chi connectivity index (χ2v) is 6.09. The Hall–Kier alpha value is -0.730. The third-order valence-electron chi connectivity index (χ3n) is 4.05. The predicted octanol–water partition coefficient (Wildman–Crippen LogP) is 3.73. The Balaban J connectivity index is 1.62. The van der Waals surface area contributed by atoms with Gasteiger partial charge in [-0.3, -0.25) is 0 Å². The summed E-state index contributed by atoms with van der Waals surface area (Å²) < 4.78 is 11.8. The average molecular weight is 281 g/mol. The lowest BCUT2D eigenvalue weighted by atomic mass is 9.91. The van der Waals surface area contributed by atoms with Crippen molar-refractivity contribution >= 4 is 11.6 Å². The summed E-state index contributed by atoms with van der Waals surface area (Å²) in [5.74, 6) is 0.972. The molecule has 2 aliphatic rings. The van der Waals surface area contributed by atoms with Gasteiger partial charge < -0.3 is 9.47 Å². The van der Waals surface area contributed by atoms with E-state index in [1.807, 2.05) is 0 Å². The van der Waals surface area contributed by atoms with Crippen molar-refractivity contribution in [1.82, 2.24) is 0 Å². The molecule has 0 heterocycles. The highest BCUT2D eigenvalue weighted by Crippen LogP contribution is 2.34. The molecule has 104 valence electrons. The molecule has 2 aliphatic carbocycles. The molecule has 3 atom stereocenters. The van der Waals surface area contributed by atoms with Crippen LogP contribution in [-0.4, -0.2) is 24.2 Å². The van der Waals surface area contributed by atoms with Crippen LogP contribution in [0.3, 0.4) is 0 Å². The summed E-state index contributed by atoms with van der Waals surface area (Å²) in [6.07, 6.45) is 5.74. The van der Waals surface area contributed by atoms with Crippen LogP contribution in [0.5, 0.6) is 5.75 Å². The molecule has 0 N–H and O–H groups in total. The van der Waals surface area contributed by atoms with Crippen LogP contribution < -0.4 is 4.74 Å². The number of rotatable bonds is 5. The maximum absolute atomic E-state index is 6.20. The van der Waals surface area contributed by atoms with E-state index >= 15 is 0 Å². The SMILES string of the molecule is CCCOC1C(Cl)CC1Oc1ccc2c(c1)CCC2. The minimum atomic E-state index is 0.0508. The van der Waals surface area contributed by atoms with E-state index in [2.05, 4.69) is 25.1 Å². The number of hydrogen-bond acceptors (Lipinski definition) is 2. The Morgan fingerprint density at radius 2 is 2.11 bits per heavy atom. The molecule has 0 saturated heterocycles. The first-order valence-electron chi connectivity index (χ1n) is 7.32. The van der Waals surface area contributed by atoms with E-state index < -0.39 is 0 Å². The molecule has 1 aromatic rings. The topological polar surface area (TPSA) is 18.5 Å². The van der Waals surface area contributed by atoms with E-state index in [9.17, 15) is 0 Å². The summed E-state index contributed by atoms with van der Waals surface area (Å²) in [5, 5.41) is 0.103. The van der Waals surface area contributed by atoms with Crippen LogP contribution in [0.4, 0.5) is 0 Å². The van der Waals surface area contributed by atoms with Crippen molar-refractivity contribution in [2.75, 3.05) is 6.61 Å². The molecule has 1 fully saturated rings. The van der Waals surface area contributed by atoms with E-state index in [1.165, 1.54) is 30.4 Å². The number of hydrogen-bond donors (Lipinski definition) is 0. The number of benzene rings is 1. The number of aryl methyl sites for hydroxylation is 2. The van der Waals surface area contributed by atoms with Gasteiger partial charge in [-0.2, -0.15) is 0 Å². The van der Waals surface area contributed by atoms with Crippen LogP contribution in [0, 0.1) is 0 Å². The van der Waals surface area contributed by atoms with Gasteiger partial charge in [0.2, 0.25) is 0 Å². The van der Waals surface area contributed by atoms with Gasteiger partial charge in [-0.05, 0) is 48.9 Å². The lowest BCUT2D eigenvalue weighted by Crippen LogP contribution is -2.52. The van der Waals surface area contributed by atoms with Crippen molar-refractivity contribution < 1.29 is 9.47 Å². The number of halogens is 1. The highest BCUT2D eigenvalue weighted by Gasteiger charge is 2.42. The fourth-order valence-electron chi connectivity index (χ4n) is 2.90. The number of alkyl halides is 1. The first kappa shape index (κ1) is 13.3. The van der Waals surface area contributed by atoms with Gasteiger partial charge in [0.15, 0.2) is 0 Å². The summed E-state index contributed by atoms with van der Waals surface area (Å²) in [6.45, 7) is 2.87. The first-order valence-corrected chi connectivity index (χ1v) is 7.75. The summed E-state index contributed by atoms with van der Waals surface area (Å²) in [4.78, 5) is 0. The smallest absolute Gasteiger partial charge is 0.128 e. The molecule has 0 spiro atoms. The summed E-state index contributed by atoms with van der Waals surface area (Å²) in [7, 11) is 0. The molecule has 3 heteroatoms. The Morgan fingerprint density at radius 1 is 1.26 bits per heavy atom. The molecule has 0 aromatic heterocycles. The summed E-state index contributed by atoms with van der Waals surface area (Å²) in [5.41, 5.74) is 2.93. The summed E-state index contributed by atoms with van der Waals surface area (Å²) in [6, 6.07) is 6.49. The molecule has 0 radical (unpaired) electrons. The molecular formula is C16H21ClO2. The van der Waals surface area contributed by atoms with Crippen molar-refractivity contribution in [3.05, 3.63) is 29.3 Å². The fraction of sp³-hybridized carbons (Fsp3) is 0.625. The third kappa shape index (κ3) is 2.75. The van der Waals surface area contributed by atoms with Gasteiger partial charge in [-0.1, -0.05) is 13.0 Å². The van der Waals surface area contributed by atoms with Crippen molar-refractivity contribution in [2.45, 2.75) is 56.6 Å². The van der Waals surface area contributed by atoms with Crippen LogP contribution in [0.25, 0.3) is 0 Å². The van der Waals surface area contributed by atoms with Gasteiger partial charge in [-0.25, -0.2) is 0 Å². The Morgan fingerprint density at radius 3 is 2.89 bits per heavy atom. The van der Waals surface area contributed by atoms with E-state index in [-0.39, 0.29) is 17.6 Å². The molecule has 19 heavy (non-hydrogen) atoms. The quantitative estimate of drug-likeness (QED) is 0.765. The van der Waals surface area contributed by atoms with E-state index in [0.29, 0.717) is 0 Å². The monoisotopic (exact) mass is 280 g/mol. The molecule has 2 nitrogen and oxygen atoms in total. The van der Waals surface area contributed by atoms with Crippen LogP contribution in [0.1, 0.15) is 37.3 Å². The highest BCUT2D eigenvalue weighted by atomic mass is 35.5. The van der Waals surface area contributed by atoms with Crippen LogP contribution in [0.2, 0.25) is 0 Å². The third-order valence-corrected chi connectivity index (χ3v) is 4.48. The van der Waals surface area contributed by atoms with Crippen molar-refractivity contribution in [1.29, 1.82) is 0 Å². The zero-order valence-corrected chi connectivity index (χ0v) is 12.2. The molecule has 1 saturated carbocycles. The normalized spacial score (nSPS) is 28.8. The van der Waals surface area contributed by atoms with Crippen molar-refractivity contribution in [3.63, 3.8) is 0 Å². The second kappa shape index (κ2) is 5.72. The van der Waals surface area contributed by atoms with Crippen molar-refractivity contribution in [3.8, 4) is 5.75 Å².